The van der Waals surface area contributed by atoms with E-state index in [9.17, 15) is 14.0 Å². The SMILES string of the molecule is O=C(/C=C/c1ccc(F)cc1)Nc1ccccc1C(=O)NCCCN1CCOCC1. The van der Waals surface area contributed by atoms with Crippen molar-refractivity contribution < 1.29 is 18.7 Å². The maximum atomic E-state index is 13.0. The Morgan fingerprint density at radius 2 is 1.80 bits per heavy atom. The second kappa shape index (κ2) is 11.2. The zero-order valence-electron chi connectivity index (χ0n) is 16.8. The van der Waals surface area contributed by atoms with Gasteiger partial charge in [0.2, 0.25) is 5.91 Å². The standard InChI is InChI=1S/C23H26FN3O3/c24-19-9-6-18(7-10-19)8-11-22(28)26-21-5-2-1-4-20(21)23(29)25-12-3-13-27-14-16-30-17-15-27/h1-2,4-11H,3,12-17H2,(H,25,29)(H,26,28)/b11-8+. The molecule has 3 rings (SSSR count). The summed E-state index contributed by atoms with van der Waals surface area (Å²) >= 11 is 0. The number of rotatable bonds is 8. The van der Waals surface area contributed by atoms with Gasteiger partial charge >= 0.3 is 0 Å². The van der Waals surface area contributed by atoms with Crippen LogP contribution in [0.5, 0.6) is 0 Å². The highest BCUT2D eigenvalue weighted by molar-refractivity contribution is 6.07. The van der Waals surface area contributed by atoms with E-state index in [-0.39, 0.29) is 17.6 Å². The smallest absolute Gasteiger partial charge is 0.253 e. The van der Waals surface area contributed by atoms with Gasteiger partial charge in [-0.25, -0.2) is 4.39 Å². The van der Waals surface area contributed by atoms with Crippen LogP contribution in [0.4, 0.5) is 10.1 Å². The number of hydrogen-bond donors (Lipinski definition) is 2. The van der Waals surface area contributed by atoms with Crippen molar-refractivity contribution in [1.29, 1.82) is 0 Å². The molecule has 7 heteroatoms. The van der Waals surface area contributed by atoms with E-state index in [4.69, 9.17) is 4.74 Å². The average Bonchev–Trinajstić information content (AvgIpc) is 2.77. The molecule has 2 amide bonds. The van der Waals surface area contributed by atoms with E-state index < -0.39 is 0 Å². The third-order valence-corrected chi connectivity index (χ3v) is 4.77. The molecule has 0 bridgehead atoms. The van der Waals surface area contributed by atoms with Gasteiger partial charge < -0.3 is 15.4 Å². The number of halogens is 1. The number of hydrogen-bond acceptors (Lipinski definition) is 4. The number of carbonyl (C=O) groups excluding carboxylic acids is 2. The lowest BCUT2D eigenvalue weighted by atomic mass is 10.1. The monoisotopic (exact) mass is 411 g/mol. The fourth-order valence-corrected chi connectivity index (χ4v) is 3.13. The quantitative estimate of drug-likeness (QED) is 0.518. The highest BCUT2D eigenvalue weighted by Gasteiger charge is 2.13. The number of morpholine rings is 1. The molecule has 30 heavy (non-hydrogen) atoms. The minimum Gasteiger partial charge on any atom is -0.379 e. The van der Waals surface area contributed by atoms with Crippen LogP contribution in [0.3, 0.4) is 0 Å². The molecule has 0 unspecified atom stereocenters. The van der Waals surface area contributed by atoms with Gasteiger partial charge in [-0.05, 0) is 48.9 Å². The molecule has 1 fully saturated rings. The first kappa shape index (κ1) is 21.7. The Bertz CT molecular complexity index is 878. The Kier molecular flexibility index (Phi) is 8.11. The first-order valence-corrected chi connectivity index (χ1v) is 10.0. The van der Waals surface area contributed by atoms with Gasteiger partial charge in [0.05, 0.1) is 24.5 Å². The lowest BCUT2D eigenvalue weighted by molar-refractivity contribution is -0.111. The van der Waals surface area contributed by atoms with E-state index in [0.29, 0.717) is 23.4 Å². The van der Waals surface area contributed by atoms with Gasteiger partial charge in [0, 0.05) is 25.7 Å². The van der Waals surface area contributed by atoms with Crippen molar-refractivity contribution in [1.82, 2.24) is 10.2 Å². The largest absolute Gasteiger partial charge is 0.379 e. The maximum absolute atomic E-state index is 13.0. The van der Waals surface area contributed by atoms with E-state index in [2.05, 4.69) is 15.5 Å². The predicted octanol–water partition coefficient (Wildman–Crippen LogP) is 2.93. The summed E-state index contributed by atoms with van der Waals surface area (Å²) in [5, 5.41) is 5.65. The molecule has 2 N–H and O–H groups in total. The fraction of sp³-hybridized carbons (Fsp3) is 0.304. The van der Waals surface area contributed by atoms with Crippen LogP contribution in [-0.2, 0) is 9.53 Å². The second-order valence-corrected chi connectivity index (χ2v) is 6.98. The lowest BCUT2D eigenvalue weighted by Crippen LogP contribution is -2.38. The molecular weight excluding hydrogens is 385 g/mol. The summed E-state index contributed by atoms with van der Waals surface area (Å²) in [6, 6.07) is 12.7. The molecule has 0 spiro atoms. The number of ether oxygens (including phenoxy) is 1. The summed E-state index contributed by atoms with van der Waals surface area (Å²) in [4.78, 5) is 27.1. The highest BCUT2D eigenvalue weighted by Crippen LogP contribution is 2.15. The molecule has 0 radical (unpaired) electrons. The summed E-state index contributed by atoms with van der Waals surface area (Å²) in [6.07, 6.45) is 3.79. The van der Waals surface area contributed by atoms with Crippen molar-refractivity contribution in [2.75, 3.05) is 44.7 Å². The minimum absolute atomic E-state index is 0.226. The molecule has 1 aliphatic rings. The summed E-state index contributed by atoms with van der Waals surface area (Å²) in [5.74, 6) is -0.927. The first-order chi connectivity index (χ1) is 14.6. The number of benzene rings is 2. The zero-order chi connectivity index (χ0) is 21.2. The van der Waals surface area contributed by atoms with Crippen LogP contribution < -0.4 is 10.6 Å². The van der Waals surface area contributed by atoms with E-state index in [1.54, 1.807) is 42.5 Å². The second-order valence-electron chi connectivity index (χ2n) is 6.98. The van der Waals surface area contributed by atoms with Crippen LogP contribution in [-0.4, -0.2) is 56.1 Å². The lowest BCUT2D eigenvalue weighted by Gasteiger charge is -2.26. The highest BCUT2D eigenvalue weighted by atomic mass is 19.1. The van der Waals surface area contributed by atoms with Crippen molar-refractivity contribution in [3.8, 4) is 0 Å². The van der Waals surface area contributed by atoms with Crippen LogP contribution >= 0.6 is 0 Å². The fourth-order valence-electron chi connectivity index (χ4n) is 3.13. The summed E-state index contributed by atoms with van der Waals surface area (Å²) < 4.78 is 18.3. The molecule has 1 saturated heterocycles. The van der Waals surface area contributed by atoms with Crippen LogP contribution in [0.2, 0.25) is 0 Å². The van der Waals surface area contributed by atoms with Crippen LogP contribution in [0.25, 0.3) is 6.08 Å². The molecule has 0 saturated carbocycles. The number of carbonyl (C=O) groups is 2. The number of nitrogens with one attached hydrogen (secondary N) is 2. The number of para-hydroxylation sites is 1. The van der Waals surface area contributed by atoms with Crippen molar-refractivity contribution in [2.24, 2.45) is 0 Å². The first-order valence-electron chi connectivity index (χ1n) is 10.0. The van der Waals surface area contributed by atoms with Gasteiger partial charge in [0.15, 0.2) is 0 Å². The third kappa shape index (κ3) is 6.79. The number of amides is 2. The van der Waals surface area contributed by atoms with Crippen LogP contribution in [0.1, 0.15) is 22.3 Å². The molecule has 1 aliphatic heterocycles. The maximum Gasteiger partial charge on any atom is 0.253 e. The van der Waals surface area contributed by atoms with Gasteiger partial charge in [-0.2, -0.15) is 0 Å². The Balaban J connectivity index is 1.50. The van der Waals surface area contributed by atoms with Crippen molar-refractivity contribution >= 4 is 23.6 Å². The molecule has 0 atom stereocenters. The molecule has 1 heterocycles. The average molecular weight is 411 g/mol. The van der Waals surface area contributed by atoms with Crippen molar-refractivity contribution in [3.63, 3.8) is 0 Å². The third-order valence-electron chi connectivity index (χ3n) is 4.77. The minimum atomic E-state index is -0.369. The number of anilines is 1. The van der Waals surface area contributed by atoms with E-state index >= 15 is 0 Å². The molecule has 0 aromatic heterocycles. The van der Waals surface area contributed by atoms with Gasteiger partial charge in [-0.3, -0.25) is 14.5 Å². The van der Waals surface area contributed by atoms with E-state index in [1.807, 2.05) is 0 Å². The summed E-state index contributed by atoms with van der Waals surface area (Å²) in [5.41, 5.74) is 1.56. The topological polar surface area (TPSA) is 70.7 Å². The molecule has 0 aliphatic carbocycles. The summed E-state index contributed by atoms with van der Waals surface area (Å²) in [7, 11) is 0. The van der Waals surface area contributed by atoms with Crippen molar-refractivity contribution in [3.05, 3.63) is 71.6 Å². The van der Waals surface area contributed by atoms with E-state index in [0.717, 1.165) is 39.3 Å². The summed E-state index contributed by atoms with van der Waals surface area (Å²) in [6.45, 7) is 4.84. The predicted molar refractivity (Wildman–Crippen MR) is 115 cm³/mol. The normalized spacial score (nSPS) is 14.6. The molecule has 2 aromatic rings. The van der Waals surface area contributed by atoms with Crippen LogP contribution in [0, 0.1) is 5.82 Å². The van der Waals surface area contributed by atoms with Gasteiger partial charge in [-0.1, -0.05) is 24.3 Å². The zero-order valence-corrected chi connectivity index (χ0v) is 16.8. The molecule has 158 valence electrons. The number of nitrogens with zero attached hydrogens (tertiary/aromatic N) is 1. The molecular formula is C23H26FN3O3. The van der Waals surface area contributed by atoms with Gasteiger partial charge in [0.25, 0.3) is 5.91 Å². The molecule has 6 nitrogen and oxygen atoms in total. The Labute approximate surface area is 175 Å². The Hall–Kier alpha value is -3.03. The van der Waals surface area contributed by atoms with Gasteiger partial charge in [-0.15, -0.1) is 0 Å². The van der Waals surface area contributed by atoms with E-state index in [1.165, 1.54) is 18.2 Å². The Morgan fingerprint density at radius 1 is 1.07 bits per heavy atom. The van der Waals surface area contributed by atoms with Crippen LogP contribution in [0.15, 0.2) is 54.6 Å². The van der Waals surface area contributed by atoms with Gasteiger partial charge in [0.1, 0.15) is 5.82 Å². The Morgan fingerprint density at radius 3 is 2.57 bits per heavy atom. The van der Waals surface area contributed by atoms with Crippen molar-refractivity contribution in [2.45, 2.75) is 6.42 Å². The molecule has 2 aromatic carbocycles.